The minimum Gasteiger partial charge on any atom is -0.496 e. The largest absolute Gasteiger partial charge is 0.496 e. The van der Waals surface area contributed by atoms with Crippen LogP contribution < -0.4 is 10.1 Å². The number of nitrogens with zero attached hydrogens (tertiary/aromatic N) is 2. The molecule has 1 aliphatic rings. The zero-order valence-corrected chi connectivity index (χ0v) is 14.9. The summed E-state index contributed by atoms with van der Waals surface area (Å²) >= 11 is 1.40. The Labute approximate surface area is 153 Å². The van der Waals surface area contributed by atoms with Crippen LogP contribution >= 0.6 is 11.3 Å². The molecule has 0 radical (unpaired) electrons. The molecule has 26 heavy (non-hydrogen) atoms. The van der Waals surface area contributed by atoms with Crippen molar-refractivity contribution in [1.29, 1.82) is 0 Å². The number of carbonyl (C=O) groups is 1. The van der Waals surface area contributed by atoms with Crippen LogP contribution in [0.2, 0.25) is 0 Å². The van der Waals surface area contributed by atoms with E-state index in [2.05, 4.69) is 15.3 Å². The summed E-state index contributed by atoms with van der Waals surface area (Å²) in [6, 6.07) is 7.31. The van der Waals surface area contributed by atoms with E-state index in [0.717, 1.165) is 52.9 Å². The van der Waals surface area contributed by atoms with Crippen molar-refractivity contribution in [2.75, 3.05) is 12.4 Å². The second-order valence-corrected chi connectivity index (χ2v) is 6.94. The lowest BCUT2D eigenvalue weighted by molar-refractivity contribution is 0.102. The second-order valence-electron chi connectivity index (χ2n) is 5.94. The number of pyridine rings is 1. The zero-order valence-electron chi connectivity index (χ0n) is 14.1. The van der Waals surface area contributed by atoms with Crippen LogP contribution in [0.4, 0.5) is 9.52 Å². The van der Waals surface area contributed by atoms with E-state index in [1.165, 1.54) is 23.6 Å². The quantitative estimate of drug-likeness (QED) is 0.755. The number of fused-ring (bicyclic) bond motifs is 3. The van der Waals surface area contributed by atoms with E-state index in [9.17, 15) is 9.18 Å². The number of ether oxygens (including phenoxy) is 1. The molecule has 2 aromatic heterocycles. The molecule has 1 aliphatic carbocycles. The number of halogens is 1. The summed E-state index contributed by atoms with van der Waals surface area (Å²) in [6.07, 6.45) is 5.11. The van der Waals surface area contributed by atoms with Gasteiger partial charge < -0.3 is 4.74 Å². The van der Waals surface area contributed by atoms with Crippen molar-refractivity contribution in [2.45, 2.75) is 19.3 Å². The third-order valence-corrected chi connectivity index (χ3v) is 5.42. The molecule has 3 aromatic rings. The molecule has 0 saturated carbocycles. The molecule has 2 heterocycles. The van der Waals surface area contributed by atoms with Crippen molar-refractivity contribution >= 4 is 22.4 Å². The van der Waals surface area contributed by atoms with Gasteiger partial charge in [0.1, 0.15) is 5.75 Å². The van der Waals surface area contributed by atoms with Gasteiger partial charge in [-0.3, -0.25) is 15.1 Å². The SMILES string of the molecule is COc1cccc2c1CCCc1nc(NC(=O)c3ccncc3F)sc1-2. The third kappa shape index (κ3) is 2.94. The molecule has 0 saturated heterocycles. The van der Waals surface area contributed by atoms with Gasteiger partial charge in [0, 0.05) is 17.3 Å². The van der Waals surface area contributed by atoms with E-state index in [1.807, 2.05) is 18.2 Å². The molecule has 0 aliphatic heterocycles. The first-order chi connectivity index (χ1) is 12.7. The monoisotopic (exact) mass is 369 g/mol. The van der Waals surface area contributed by atoms with Gasteiger partial charge >= 0.3 is 0 Å². The van der Waals surface area contributed by atoms with Crippen LogP contribution in [0, 0.1) is 5.82 Å². The van der Waals surface area contributed by atoms with Crippen LogP contribution in [0.25, 0.3) is 10.4 Å². The lowest BCUT2D eigenvalue weighted by Crippen LogP contribution is -2.13. The number of benzene rings is 1. The van der Waals surface area contributed by atoms with Crippen molar-refractivity contribution in [3.05, 3.63) is 59.3 Å². The molecule has 0 unspecified atom stereocenters. The Morgan fingerprint density at radius 2 is 2.19 bits per heavy atom. The molecule has 5 nitrogen and oxygen atoms in total. The van der Waals surface area contributed by atoms with E-state index in [-0.39, 0.29) is 5.56 Å². The standard InChI is InChI=1S/C19H16FN3O2S/c1-25-16-7-3-5-12-11(16)4-2-6-15-17(12)26-19(22-15)23-18(24)13-8-9-21-10-14(13)20/h3,5,7-10H,2,4,6H2,1H3,(H,22,23,24). The molecule has 4 rings (SSSR count). The molecule has 0 spiro atoms. The molecule has 1 aromatic carbocycles. The Bertz CT molecular complexity index is 987. The Balaban J connectivity index is 1.69. The minimum atomic E-state index is -0.654. The van der Waals surface area contributed by atoms with E-state index < -0.39 is 11.7 Å². The average molecular weight is 369 g/mol. The molecule has 0 atom stereocenters. The number of aryl methyl sites for hydroxylation is 1. The highest BCUT2D eigenvalue weighted by molar-refractivity contribution is 7.19. The number of carbonyl (C=O) groups excluding carboxylic acids is 1. The Kier molecular flexibility index (Phi) is 4.38. The number of methoxy groups -OCH3 is 1. The van der Waals surface area contributed by atoms with Crippen LogP contribution in [-0.4, -0.2) is 23.0 Å². The highest BCUT2D eigenvalue weighted by Gasteiger charge is 2.22. The third-order valence-electron chi connectivity index (χ3n) is 4.37. The maximum absolute atomic E-state index is 13.7. The molecule has 0 fully saturated rings. The predicted octanol–water partition coefficient (Wildman–Crippen LogP) is 4.09. The van der Waals surface area contributed by atoms with Crippen molar-refractivity contribution in [3.8, 4) is 16.2 Å². The average Bonchev–Trinajstić information content (AvgIpc) is 2.96. The van der Waals surface area contributed by atoms with E-state index >= 15 is 0 Å². The summed E-state index contributed by atoms with van der Waals surface area (Å²) in [7, 11) is 1.67. The fourth-order valence-corrected chi connectivity index (χ4v) is 4.23. The van der Waals surface area contributed by atoms with Gasteiger partial charge in [0.25, 0.3) is 5.91 Å². The maximum Gasteiger partial charge on any atom is 0.260 e. The number of aromatic nitrogens is 2. The van der Waals surface area contributed by atoms with E-state index in [4.69, 9.17) is 4.74 Å². The van der Waals surface area contributed by atoms with Crippen molar-refractivity contribution < 1.29 is 13.9 Å². The summed E-state index contributed by atoms with van der Waals surface area (Å²) in [4.78, 5) is 21.6. The van der Waals surface area contributed by atoms with Crippen molar-refractivity contribution in [3.63, 3.8) is 0 Å². The summed E-state index contributed by atoms with van der Waals surface area (Å²) < 4.78 is 19.2. The molecule has 132 valence electrons. The molecule has 7 heteroatoms. The number of anilines is 1. The van der Waals surface area contributed by atoms with Gasteiger partial charge in [-0.1, -0.05) is 23.5 Å². The number of amides is 1. The van der Waals surface area contributed by atoms with Crippen LogP contribution in [0.5, 0.6) is 5.75 Å². The lowest BCUT2D eigenvalue weighted by atomic mass is 10.0. The number of thiazole rings is 1. The Morgan fingerprint density at radius 3 is 3.00 bits per heavy atom. The highest BCUT2D eigenvalue weighted by Crippen LogP contribution is 2.41. The number of hydrogen-bond acceptors (Lipinski definition) is 5. The molecular weight excluding hydrogens is 353 g/mol. The van der Waals surface area contributed by atoms with Crippen LogP contribution in [0.3, 0.4) is 0 Å². The van der Waals surface area contributed by atoms with Gasteiger partial charge in [0.05, 0.1) is 29.4 Å². The lowest BCUT2D eigenvalue weighted by Gasteiger charge is -2.10. The summed E-state index contributed by atoms with van der Waals surface area (Å²) in [5, 5.41) is 3.17. The van der Waals surface area contributed by atoms with Gasteiger partial charge in [0.15, 0.2) is 10.9 Å². The minimum absolute atomic E-state index is 0.0486. The number of rotatable bonds is 3. The molecule has 0 bridgehead atoms. The summed E-state index contributed by atoms with van der Waals surface area (Å²) in [5.41, 5.74) is 3.15. The topological polar surface area (TPSA) is 64.1 Å². The fourth-order valence-electron chi connectivity index (χ4n) is 3.17. The van der Waals surface area contributed by atoms with Gasteiger partial charge in [-0.05, 0) is 31.4 Å². The van der Waals surface area contributed by atoms with Crippen LogP contribution in [0.15, 0.2) is 36.7 Å². The second kappa shape index (κ2) is 6.84. The predicted molar refractivity (Wildman–Crippen MR) is 98.3 cm³/mol. The Morgan fingerprint density at radius 1 is 1.31 bits per heavy atom. The first-order valence-corrected chi connectivity index (χ1v) is 9.06. The van der Waals surface area contributed by atoms with E-state index in [0.29, 0.717) is 5.13 Å². The van der Waals surface area contributed by atoms with Gasteiger partial charge in [-0.25, -0.2) is 9.37 Å². The van der Waals surface area contributed by atoms with Gasteiger partial charge in [-0.15, -0.1) is 0 Å². The van der Waals surface area contributed by atoms with Crippen LogP contribution in [-0.2, 0) is 12.8 Å². The molecular formula is C19H16FN3O2S. The normalized spacial score (nSPS) is 12.7. The summed E-state index contributed by atoms with van der Waals surface area (Å²) in [5.74, 6) is -0.314. The number of hydrogen-bond donors (Lipinski definition) is 1. The van der Waals surface area contributed by atoms with Crippen LogP contribution in [0.1, 0.15) is 28.0 Å². The Hall–Kier alpha value is -2.80. The maximum atomic E-state index is 13.7. The first-order valence-electron chi connectivity index (χ1n) is 8.24. The summed E-state index contributed by atoms with van der Waals surface area (Å²) in [6.45, 7) is 0. The number of nitrogens with one attached hydrogen (secondary N) is 1. The van der Waals surface area contributed by atoms with Gasteiger partial charge in [-0.2, -0.15) is 0 Å². The smallest absolute Gasteiger partial charge is 0.260 e. The molecule has 1 amide bonds. The van der Waals surface area contributed by atoms with Crippen molar-refractivity contribution in [2.24, 2.45) is 0 Å². The van der Waals surface area contributed by atoms with Crippen molar-refractivity contribution in [1.82, 2.24) is 9.97 Å². The highest BCUT2D eigenvalue weighted by atomic mass is 32.1. The first kappa shape index (κ1) is 16.7. The fraction of sp³-hybridized carbons (Fsp3) is 0.211. The molecule has 1 N–H and O–H groups in total. The van der Waals surface area contributed by atoms with E-state index in [1.54, 1.807) is 7.11 Å². The zero-order chi connectivity index (χ0) is 18.1. The van der Waals surface area contributed by atoms with Gasteiger partial charge in [0.2, 0.25) is 0 Å².